The molecule has 0 saturated heterocycles. The van der Waals surface area contributed by atoms with Crippen LogP contribution in [0.25, 0.3) is 0 Å². The molecule has 0 bridgehead atoms. The topological polar surface area (TPSA) is 50.7 Å². The molecule has 0 aromatic carbocycles. The lowest BCUT2D eigenvalue weighted by molar-refractivity contribution is -0.134. The third-order valence-electron chi connectivity index (χ3n) is 2.55. The van der Waals surface area contributed by atoms with Crippen LogP contribution in [0.3, 0.4) is 0 Å². The predicted octanol–water partition coefficient (Wildman–Crippen LogP) is 0.152. The van der Waals surface area contributed by atoms with Gasteiger partial charge in [-0.1, -0.05) is 0 Å². The molecule has 0 aliphatic heterocycles. The Balaban J connectivity index is 2.02. The summed E-state index contributed by atoms with van der Waals surface area (Å²) in [5, 5.41) is 13.1. The molecule has 0 spiro atoms. The number of hydrogen-bond donors (Lipinski definition) is 2. The van der Waals surface area contributed by atoms with E-state index in [0.717, 1.165) is 26.0 Å². The van der Waals surface area contributed by atoms with E-state index in [2.05, 4.69) is 5.32 Å². The van der Waals surface area contributed by atoms with Gasteiger partial charge in [0.25, 0.3) is 0 Å². The van der Waals surface area contributed by atoms with E-state index in [4.69, 9.17) is 9.47 Å². The zero-order valence-corrected chi connectivity index (χ0v) is 9.08. The third kappa shape index (κ3) is 3.53. The first-order valence-electron chi connectivity index (χ1n) is 5.24. The average Bonchev–Trinajstić information content (AvgIpc) is 2.11. The van der Waals surface area contributed by atoms with Crippen LogP contribution in [0.5, 0.6) is 0 Å². The van der Waals surface area contributed by atoms with Crippen LogP contribution in [0, 0.1) is 0 Å². The molecule has 0 aromatic rings. The van der Waals surface area contributed by atoms with Gasteiger partial charge in [-0.25, -0.2) is 0 Å². The number of ether oxygens (including phenoxy) is 2. The molecular weight excluding hydrogens is 182 g/mol. The minimum absolute atomic E-state index is 0.259. The van der Waals surface area contributed by atoms with Crippen LogP contribution in [0.15, 0.2) is 0 Å². The van der Waals surface area contributed by atoms with E-state index in [-0.39, 0.29) is 6.10 Å². The molecule has 84 valence electrons. The van der Waals surface area contributed by atoms with E-state index in [1.807, 2.05) is 6.92 Å². The molecule has 0 unspecified atom stereocenters. The Kier molecular flexibility index (Phi) is 4.81. The SMILES string of the molecule is CCOC1CC(O)(CNCCOC)C1. The molecule has 1 rings (SSSR count). The van der Waals surface area contributed by atoms with E-state index in [1.54, 1.807) is 7.11 Å². The molecule has 0 amide bonds. The third-order valence-corrected chi connectivity index (χ3v) is 2.55. The van der Waals surface area contributed by atoms with Gasteiger partial charge in [-0.3, -0.25) is 0 Å². The summed E-state index contributed by atoms with van der Waals surface area (Å²) in [5.41, 5.74) is -0.548. The maximum Gasteiger partial charge on any atom is 0.0820 e. The predicted molar refractivity (Wildman–Crippen MR) is 54.3 cm³/mol. The van der Waals surface area contributed by atoms with Gasteiger partial charge in [0.05, 0.1) is 18.3 Å². The Bertz CT molecular complexity index is 157. The van der Waals surface area contributed by atoms with Crippen molar-refractivity contribution in [1.82, 2.24) is 5.32 Å². The van der Waals surface area contributed by atoms with Crippen molar-refractivity contribution in [1.29, 1.82) is 0 Å². The Morgan fingerprint density at radius 2 is 2.21 bits per heavy atom. The molecule has 1 fully saturated rings. The summed E-state index contributed by atoms with van der Waals surface area (Å²) in [5.74, 6) is 0. The summed E-state index contributed by atoms with van der Waals surface area (Å²) in [6.07, 6.45) is 1.76. The summed E-state index contributed by atoms with van der Waals surface area (Å²) in [4.78, 5) is 0. The lowest BCUT2D eigenvalue weighted by Crippen LogP contribution is -2.54. The first-order valence-corrected chi connectivity index (χ1v) is 5.24. The normalized spacial score (nSPS) is 31.5. The van der Waals surface area contributed by atoms with E-state index < -0.39 is 5.60 Å². The molecule has 0 heterocycles. The second-order valence-corrected chi connectivity index (χ2v) is 3.88. The number of hydrogen-bond acceptors (Lipinski definition) is 4. The van der Waals surface area contributed by atoms with Gasteiger partial charge in [0, 0.05) is 39.6 Å². The molecule has 0 atom stereocenters. The Labute approximate surface area is 85.6 Å². The second kappa shape index (κ2) is 5.66. The van der Waals surface area contributed by atoms with Gasteiger partial charge >= 0.3 is 0 Å². The van der Waals surface area contributed by atoms with Gasteiger partial charge in [0.2, 0.25) is 0 Å². The van der Waals surface area contributed by atoms with Crippen LogP contribution in [-0.2, 0) is 9.47 Å². The summed E-state index contributed by atoms with van der Waals surface area (Å²) in [6, 6.07) is 0. The largest absolute Gasteiger partial charge is 0.388 e. The molecule has 0 aromatic heterocycles. The van der Waals surface area contributed by atoms with Crippen molar-refractivity contribution < 1.29 is 14.6 Å². The monoisotopic (exact) mass is 203 g/mol. The van der Waals surface area contributed by atoms with E-state index in [1.165, 1.54) is 0 Å². The average molecular weight is 203 g/mol. The first-order chi connectivity index (χ1) is 6.70. The van der Waals surface area contributed by atoms with Gasteiger partial charge in [0.15, 0.2) is 0 Å². The molecule has 4 heteroatoms. The highest BCUT2D eigenvalue weighted by Crippen LogP contribution is 2.33. The Hall–Kier alpha value is -0.160. The van der Waals surface area contributed by atoms with Gasteiger partial charge in [0.1, 0.15) is 0 Å². The fraction of sp³-hybridized carbons (Fsp3) is 1.00. The van der Waals surface area contributed by atoms with Crippen molar-refractivity contribution in [3.05, 3.63) is 0 Å². The first kappa shape index (κ1) is 11.9. The highest BCUT2D eigenvalue weighted by molar-refractivity contribution is 4.96. The van der Waals surface area contributed by atoms with Crippen LogP contribution >= 0.6 is 0 Å². The van der Waals surface area contributed by atoms with E-state index in [0.29, 0.717) is 13.2 Å². The van der Waals surface area contributed by atoms with Crippen molar-refractivity contribution in [2.75, 3.05) is 33.4 Å². The van der Waals surface area contributed by atoms with Crippen LogP contribution in [0.2, 0.25) is 0 Å². The fourth-order valence-corrected chi connectivity index (χ4v) is 1.78. The Morgan fingerprint density at radius 3 is 2.79 bits per heavy atom. The van der Waals surface area contributed by atoms with Crippen LogP contribution < -0.4 is 5.32 Å². The zero-order valence-electron chi connectivity index (χ0n) is 9.08. The number of nitrogens with one attached hydrogen (secondary N) is 1. The van der Waals surface area contributed by atoms with Crippen LogP contribution in [-0.4, -0.2) is 50.2 Å². The highest BCUT2D eigenvalue weighted by atomic mass is 16.5. The highest BCUT2D eigenvalue weighted by Gasteiger charge is 2.42. The summed E-state index contributed by atoms with van der Waals surface area (Å²) >= 11 is 0. The number of aliphatic hydroxyl groups is 1. The molecule has 1 saturated carbocycles. The number of methoxy groups -OCH3 is 1. The van der Waals surface area contributed by atoms with Crippen molar-refractivity contribution in [2.45, 2.75) is 31.5 Å². The van der Waals surface area contributed by atoms with Crippen molar-refractivity contribution in [3.63, 3.8) is 0 Å². The maximum atomic E-state index is 9.92. The fourth-order valence-electron chi connectivity index (χ4n) is 1.78. The van der Waals surface area contributed by atoms with E-state index in [9.17, 15) is 5.11 Å². The molecule has 1 aliphatic carbocycles. The lowest BCUT2D eigenvalue weighted by atomic mass is 9.77. The zero-order chi connectivity index (χ0) is 10.4. The quantitative estimate of drug-likeness (QED) is 0.578. The summed E-state index contributed by atoms with van der Waals surface area (Å²) in [7, 11) is 1.67. The van der Waals surface area contributed by atoms with Crippen molar-refractivity contribution in [3.8, 4) is 0 Å². The molecule has 4 nitrogen and oxygen atoms in total. The molecule has 14 heavy (non-hydrogen) atoms. The number of rotatable bonds is 7. The van der Waals surface area contributed by atoms with Gasteiger partial charge in [-0.2, -0.15) is 0 Å². The van der Waals surface area contributed by atoms with Gasteiger partial charge < -0.3 is 19.9 Å². The Morgan fingerprint density at radius 1 is 1.50 bits per heavy atom. The van der Waals surface area contributed by atoms with Crippen molar-refractivity contribution in [2.24, 2.45) is 0 Å². The maximum absolute atomic E-state index is 9.92. The minimum Gasteiger partial charge on any atom is -0.388 e. The van der Waals surface area contributed by atoms with Gasteiger partial charge in [-0.05, 0) is 6.92 Å². The van der Waals surface area contributed by atoms with Gasteiger partial charge in [-0.15, -0.1) is 0 Å². The van der Waals surface area contributed by atoms with Crippen molar-refractivity contribution >= 4 is 0 Å². The van der Waals surface area contributed by atoms with Crippen LogP contribution in [0.4, 0.5) is 0 Å². The standard InChI is InChI=1S/C10H21NO3/c1-3-14-9-6-10(12,7-9)8-11-4-5-13-2/h9,11-12H,3-8H2,1-2H3. The second-order valence-electron chi connectivity index (χ2n) is 3.88. The molecule has 1 aliphatic rings. The molecule has 0 radical (unpaired) electrons. The summed E-state index contributed by atoms with van der Waals surface area (Å²) < 4.78 is 10.3. The van der Waals surface area contributed by atoms with Crippen LogP contribution in [0.1, 0.15) is 19.8 Å². The smallest absolute Gasteiger partial charge is 0.0820 e. The molecular formula is C10H21NO3. The lowest BCUT2D eigenvalue weighted by Gasteiger charge is -2.43. The molecule has 2 N–H and O–H groups in total. The summed E-state index contributed by atoms with van der Waals surface area (Å²) in [6.45, 7) is 4.83. The van der Waals surface area contributed by atoms with E-state index >= 15 is 0 Å². The minimum atomic E-state index is -0.548.